The molecule has 0 atom stereocenters. The molecule has 0 spiro atoms. The molecular weight excluding hydrogens is 258 g/mol. The summed E-state index contributed by atoms with van der Waals surface area (Å²) < 4.78 is 11.6. The van der Waals surface area contributed by atoms with Crippen LogP contribution in [0.3, 0.4) is 0 Å². The molecule has 0 radical (unpaired) electrons. The average molecular weight is 272 g/mol. The first kappa shape index (κ1) is 10.9. The van der Waals surface area contributed by atoms with Crippen molar-refractivity contribution in [3.8, 4) is 0 Å². The highest BCUT2D eigenvalue weighted by molar-refractivity contribution is 9.10. The van der Waals surface area contributed by atoms with Crippen molar-refractivity contribution in [2.45, 2.75) is 6.10 Å². The Balaban J connectivity index is 1.66. The Morgan fingerprint density at radius 3 is 2.87 bits per heavy atom. The Labute approximate surface area is 97.9 Å². The zero-order chi connectivity index (χ0) is 10.5. The van der Waals surface area contributed by atoms with Gasteiger partial charge in [-0.25, -0.2) is 0 Å². The van der Waals surface area contributed by atoms with E-state index in [-0.39, 0.29) is 0 Å². The summed E-state index contributed by atoms with van der Waals surface area (Å²) in [6, 6.07) is 8.06. The summed E-state index contributed by atoms with van der Waals surface area (Å²) in [6.45, 7) is 3.03. The minimum absolute atomic E-state index is 0.311. The zero-order valence-corrected chi connectivity index (χ0v) is 10.00. The number of para-hydroxylation sites is 1. The lowest BCUT2D eigenvalue weighted by atomic mass is 10.3. The number of nitrogens with one attached hydrogen (secondary N) is 1. The Hall–Kier alpha value is -0.580. The minimum Gasteiger partial charge on any atom is -0.382 e. The second kappa shape index (κ2) is 5.49. The number of halogens is 1. The van der Waals surface area contributed by atoms with Crippen molar-refractivity contribution >= 4 is 21.6 Å². The fraction of sp³-hybridized carbons (Fsp3) is 0.455. The summed E-state index contributed by atoms with van der Waals surface area (Å²) >= 11 is 3.48. The molecule has 4 heteroatoms. The van der Waals surface area contributed by atoms with Crippen molar-refractivity contribution in [2.75, 3.05) is 31.7 Å². The van der Waals surface area contributed by atoms with E-state index in [0.29, 0.717) is 6.10 Å². The number of ether oxygens (including phenoxy) is 2. The van der Waals surface area contributed by atoms with Crippen LogP contribution in [0.25, 0.3) is 0 Å². The second-order valence-electron chi connectivity index (χ2n) is 3.44. The van der Waals surface area contributed by atoms with Crippen molar-refractivity contribution < 1.29 is 9.47 Å². The third kappa shape index (κ3) is 3.19. The van der Waals surface area contributed by atoms with Gasteiger partial charge in [-0.2, -0.15) is 0 Å². The highest BCUT2D eigenvalue weighted by Crippen LogP contribution is 2.20. The molecular formula is C11H14BrNO2. The fourth-order valence-electron chi connectivity index (χ4n) is 1.33. The predicted octanol–water partition coefficient (Wildman–Crippen LogP) is 2.28. The largest absolute Gasteiger partial charge is 0.382 e. The maximum atomic E-state index is 5.54. The van der Waals surface area contributed by atoms with Crippen LogP contribution in [0.5, 0.6) is 0 Å². The first-order valence-corrected chi connectivity index (χ1v) is 5.83. The van der Waals surface area contributed by atoms with Gasteiger partial charge in [0, 0.05) is 16.7 Å². The molecule has 1 aromatic rings. The van der Waals surface area contributed by atoms with E-state index in [0.717, 1.165) is 36.5 Å². The number of benzene rings is 1. The predicted molar refractivity (Wildman–Crippen MR) is 63.2 cm³/mol. The molecule has 1 saturated heterocycles. The van der Waals surface area contributed by atoms with Crippen LogP contribution in [0.15, 0.2) is 28.7 Å². The van der Waals surface area contributed by atoms with Crippen molar-refractivity contribution in [3.63, 3.8) is 0 Å². The molecule has 0 saturated carbocycles. The van der Waals surface area contributed by atoms with Gasteiger partial charge in [0.15, 0.2) is 0 Å². The number of anilines is 1. The van der Waals surface area contributed by atoms with Crippen LogP contribution >= 0.6 is 15.9 Å². The molecule has 0 aliphatic carbocycles. The number of rotatable bonds is 5. The molecule has 3 nitrogen and oxygen atoms in total. The standard InChI is InChI=1S/C11H14BrNO2/c12-10-3-1-2-4-11(10)13-5-6-15-9-7-14-8-9/h1-4,9,13H,5-8H2. The lowest BCUT2D eigenvalue weighted by Crippen LogP contribution is -2.37. The van der Waals surface area contributed by atoms with E-state index in [1.54, 1.807) is 0 Å². The van der Waals surface area contributed by atoms with Crippen molar-refractivity contribution in [1.82, 2.24) is 0 Å². The summed E-state index contributed by atoms with van der Waals surface area (Å²) in [4.78, 5) is 0. The van der Waals surface area contributed by atoms with Gasteiger partial charge in [0.05, 0.1) is 19.8 Å². The highest BCUT2D eigenvalue weighted by atomic mass is 79.9. The lowest BCUT2D eigenvalue weighted by molar-refractivity contribution is -0.127. The van der Waals surface area contributed by atoms with Gasteiger partial charge in [-0.15, -0.1) is 0 Å². The normalized spacial score (nSPS) is 16.1. The van der Waals surface area contributed by atoms with Gasteiger partial charge in [-0.1, -0.05) is 12.1 Å². The lowest BCUT2D eigenvalue weighted by Gasteiger charge is -2.26. The van der Waals surface area contributed by atoms with E-state index in [1.165, 1.54) is 0 Å². The van der Waals surface area contributed by atoms with Gasteiger partial charge in [-0.3, -0.25) is 0 Å². The van der Waals surface area contributed by atoms with E-state index in [1.807, 2.05) is 24.3 Å². The van der Waals surface area contributed by atoms with Crippen LogP contribution in [-0.4, -0.2) is 32.5 Å². The van der Waals surface area contributed by atoms with E-state index in [9.17, 15) is 0 Å². The zero-order valence-electron chi connectivity index (χ0n) is 8.41. The van der Waals surface area contributed by atoms with Crippen molar-refractivity contribution in [2.24, 2.45) is 0 Å². The van der Waals surface area contributed by atoms with E-state index >= 15 is 0 Å². The molecule has 82 valence electrons. The van der Waals surface area contributed by atoms with Crippen LogP contribution in [-0.2, 0) is 9.47 Å². The Morgan fingerprint density at radius 2 is 2.20 bits per heavy atom. The fourth-order valence-corrected chi connectivity index (χ4v) is 1.75. The van der Waals surface area contributed by atoms with Gasteiger partial charge in [0.2, 0.25) is 0 Å². The van der Waals surface area contributed by atoms with Crippen LogP contribution in [0.2, 0.25) is 0 Å². The molecule has 1 fully saturated rings. The minimum atomic E-state index is 0.311. The molecule has 0 unspecified atom stereocenters. The van der Waals surface area contributed by atoms with Crippen LogP contribution < -0.4 is 5.32 Å². The Bertz CT molecular complexity index is 315. The number of hydrogen-bond acceptors (Lipinski definition) is 3. The van der Waals surface area contributed by atoms with Crippen LogP contribution in [0.1, 0.15) is 0 Å². The summed E-state index contributed by atoms with van der Waals surface area (Å²) in [5.74, 6) is 0. The molecule has 2 rings (SSSR count). The molecule has 1 aromatic carbocycles. The van der Waals surface area contributed by atoms with Gasteiger partial charge >= 0.3 is 0 Å². The van der Waals surface area contributed by atoms with Crippen LogP contribution in [0.4, 0.5) is 5.69 Å². The summed E-state index contributed by atoms with van der Waals surface area (Å²) in [6.07, 6.45) is 0.311. The van der Waals surface area contributed by atoms with E-state index < -0.39 is 0 Å². The quantitative estimate of drug-likeness (QED) is 0.834. The molecule has 0 amide bonds. The SMILES string of the molecule is Brc1ccccc1NCCOC1COC1. The Kier molecular flexibility index (Phi) is 4.00. The molecule has 1 N–H and O–H groups in total. The van der Waals surface area contributed by atoms with Crippen LogP contribution in [0, 0.1) is 0 Å². The van der Waals surface area contributed by atoms with Gasteiger partial charge in [0.1, 0.15) is 6.10 Å². The summed E-state index contributed by atoms with van der Waals surface area (Å²) in [7, 11) is 0. The first-order chi connectivity index (χ1) is 7.36. The molecule has 15 heavy (non-hydrogen) atoms. The van der Waals surface area contributed by atoms with E-state index in [2.05, 4.69) is 21.2 Å². The van der Waals surface area contributed by atoms with Gasteiger partial charge in [0.25, 0.3) is 0 Å². The topological polar surface area (TPSA) is 30.5 Å². The molecule has 1 aliphatic heterocycles. The van der Waals surface area contributed by atoms with E-state index in [4.69, 9.17) is 9.47 Å². The first-order valence-electron chi connectivity index (χ1n) is 5.04. The van der Waals surface area contributed by atoms with Gasteiger partial charge < -0.3 is 14.8 Å². The maximum Gasteiger partial charge on any atom is 0.104 e. The summed E-state index contributed by atoms with van der Waals surface area (Å²) in [5.41, 5.74) is 1.10. The molecule has 1 aliphatic rings. The smallest absolute Gasteiger partial charge is 0.104 e. The third-order valence-corrected chi connectivity index (χ3v) is 2.94. The van der Waals surface area contributed by atoms with Crippen molar-refractivity contribution in [3.05, 3.63) is 28.7 Å². The van der Waals surface area contributed by atoms with Gasteiger partial charge in [-0.05, 0) is 28.1 Å². The molecule has 1 heterocycles. The second-order valence-corrected chi connectivity index (χ2v) is 4.29. The third-order valence-electron chi connectivity index (χ3n) is 2.25. The maximum absolute atomic E-state index is 5.54. The number of hydrogen-bond donors (Lipinski definition) is 1. The highest BCUT2D eigenvalue weighted by Gasteiger charge is 2.17. The summed E-state index contributed by atoms with van der Waals surface area (Å²) in [5, 5.41) is 3.30. The molecule has 0 bridgehead atoms. The molecule has 0 aromatic heterocycles. The Morgan fingerprint density at radius 1 is 1.40 bits per heavy atom. The monoisotopic (exact) mass is 271 g/mol. The van der Waals surface area contributed by atoms with Crippen molar-refractivity contribution in [1.29, 1.82) is 0 Å². The average Bonchev–Trinajstić information content (AvgIpc) is 2.17.